The molecule has 0 saturated carbocycles. The smallest absolute Gasteiger partial charge is 0.439 e. The lowest BCUT2D eigenvalue weighted by atomic mass is 10.1. The molecule has 2 aromatic heterocycles. The summed E-state index contributed by atoms with van der Waals surface area (Å²) in [7, 11) is -16.9. The molecule has 1 saturated heterocycles. The molecule has 0 radical (unpaired) electrons. The largest absolute Gasteiger partial charge is 0.490 e. The monoisotopic (exact) mass is 624 g/mol. The number of ether oxygens (including phenoxy) is 2. The van der Waals surface area contributed by atoms with E-state index in [1.807, 2.05) is 0 Å². The molecule has 0 spiro atoms. The Labute approximate surface area is 218 Å². The maximum Gasteiger partial charge on any atom is 0.490 e. The molecule has 3 unspecified atom stereocenters. The third-order valence-corrected chi connectivity index (χ3v) is 8.69. The summed E-state index contributed by atoms with van der Waals surface area (Å²) in [4.78, 5) is 60.8. The number of phosphoric ester groups is 1. The van der Waals surface area contributed by atoms with E-state index < -0.39 is 60.7 Å². The minimum atomic E-state index is -5.77. The number of hydrogen-bond acceptors (Lipinski definition) is 15. The van der Waals surface area contributed by atoms with E-state index in [0.29, 0.717) is 5.82 Å². The summed E-state index contributed by atoms with van der Waals surface area (Å²) in [5.41, 5.74) is 5.75. The quantitative estimate of drug-likeness (QED) is 0.0851. The number of imidazole rings is 1. The Morgan fingerprint density at radius 3 is 2.53 bits per heavy atom. The average Bonchev–Trinajstić information content (AvgIpc) is 3.29. The number of carbonyl (C=O) groups excluding carboxylic acids is 1. The van der Waals surface area contributed by atoms with Crippen molar-refractivity contribution in [2.24, 2.45) is 5.73 Å². The highest BCUT2D eigenvalue weighted by Crippen LogP contribution is 2.66. The molecule has 214 valence electrons. The molecule has 2 aromatic rings. The zero-order valence-electron chi connectivity index (χ0n) is 19.1. The molecular formula is C14H23N6O14P3S. The van der Waals surface area contributed by atoms with Gasteiger partial charge in [-0.05, 0) is 6.92 Å². The van der Waals surface area contributed by atoms with Crippen LogP contribution < -0.4 is 11.1 Å². The number of aromatic nitrogens is 4. The summed E-state index contributed by atoms with van der Waals surface area (Å²) in [6, 6.07) is 0. The van der Waals surface area contributed by atoms with Crippen molar-refractivity contribution >= 4 is 53.4 Å². The van der Waals surface area contributed by atoms with Gasteiger partial charge in [-0.2, -0.15) is 8.62 Å². The van der Waals surface area contributed by atoms with E-state index in [1.165, 1.54) is 10.9 Å². The number of aryl methyl sites for hydroxylation is 1. The molecule has 1 aliphatic rings. The van der Waals surface area contributed by atoms with Crippen molar-refractivity contribution in [1.29, 1.82) is 0 Å². The van der Waals surface area contributed by atoms with Crippen LogP contribution in [0.3, 0.4) is 0 Å². The Morgan fingerprint density at radius 2 is 1.89 bits per heavy atom. The minimum Gasteiger partial charge on any atom is -0.439 e. The maximum atomic E-state index is 12.2. The molecule has 1 aliphatic heterocycles. The summed E-state index contributed by atoms with van der Waals surface area (Å²) < 4.78 is 58.4. The normalized spacial score (nSPS) is 25.2. The van der Waals surface area contributed by atoms with Crippen LogP contribution in [-0.2, 0) is 36.3 Å². The minimum absolute atomic E-state index is 0.0338. The number of aliphatic hydroxyl groups excluding tert-OH is 1. The number of hydrogen-bond donors (Lipinski definition) is 8. The van der Waals surface area contributed by atoms with Crippen molar-refractivity contribution in [2.45, 2.75) is 36.5 Å². The van der Waals surface area contributed by atoms with Gasteiger partial charge >= 0.3 is 29.6 Å². The summed E-state index contributed by atoms with van der Waals surface area (Å²) in [5.74, 6) is 0.296. The number of nitrogens with zero attached hydrogens (tertiary/aromatic N) is 4. The molecule has 0 bridgehead atoms. The van der Waals surface area contributed by atoms with E-state index >= 15 is 0 Å². The van der Waals surface area contributed by atoms with Gasteiger partial charge in [0.05, 0.1) is 12.9 Å². The first-order chi connectivity index (χ1) is 17.5. The summed E-state index contributed by atoms with van der Waals surface area (Å²) in [6.07, 6.45) is -5.85. The Kier molecular flexibility index (Phi) is 9.71. The average molecular weight is 624 g/mol. The molecule has 0 aromatic carbocycles. The molecule has 3 heterocycles. The fourth-order valence-electron chi connectivity index (χ4n) is 3.21. The van der Waals surface area contributed by atoms with Gasteiger partial charge in [0.2, 0.25) is 0 Å². The number of amides is 1. The number of aliphatic hydroxyl groups is 1. The van der Waals surface area contributed by atoms with E-state index in [0.717, 1.165) is 0 Å². The lowest BCUT2D eigenvalue weighted by Gasteiger charge is -2.22. The number of alkyl carbamates (subject to hydrolysis) is 1. The van der Waals surface area contributed by atoms with Gasteiger partial charge in [-0.15, -0.1) is 12.6 Å². The zero-order chi connectivity index (χ0) is 28.5. The lowest BCUT2D eigenvalue weighted by molar-refractivity contribution is -0.0522. The Balaban J connectivity index is 1.83. The van der Waals surface area contributed by atoms with Crippen LogP contribution in [-0.4, -0.2) is 88.3 Å². The van der Waals surface area contributed by atoms with E-state index in [9.17, 15) is 33.4 Å². The van der Waals surface area contributed by atoms with Gasteiger partial charge in [0.15, 0.2) is 18.0 Å². The van der Waals surface area contributed by atoms with Crippen LogP contribution >= 0.6 is 36.1 Å². The third kappa shape index (κ3) is 8.00. The predicted molar refractivity (Wildman–Crippen MR) is 124 cm³/mol. The van der Waals surface area contributed by atoms with E-state index in [4.69, 9.17) is 25.0 Å². The highest BCUT2D eigenvalue weighted by molar-refractivity contribution is 7.80. The molecule has 1 amide bonds. The first-order valence-electron chi connectivity index (χ1n) is 10.2. The van der Waals surface area contributed by atoms with Crippen LogP contribution in [0.5, 0.6) is 0 Å². The summed E-state index contributed by atoms with van der Waals surface area (Å²) >= 11 is 4.23. The first kappa shape index (κ1) is 31.0. The lowest BCUT2D eigenvalue weighted by Crippen LogP contribution is -2.40. The molecule has 6 atom stereocenters. The number of nitrogens with two attached hydrogens (primary N) is 1. The van der Waals surface area contributed by atoms with Crippen molar-refractivity contribution in [2.75, 3.05) is 19.7 Å². The maximum absolute atomic E-state index is 12.2. The van der Waals surface area contributed by atoms with Crippen molar-refractivity contribution in [3.05, 3.63) is 12.2 Å². The van der Waals surface area contributed by atoms with Gasteiger partial charge in [0.1, 0.15) is 28.6 Å². The van der Waals surface area contributed by atoms with Crippen LogP contribution in [0, 0.1) is 6.92 Å². The molecule has 8 N–H and O–H groups in total. The van der Waals surface area contributed by atoms with Gasteiger partial charge in [-0.1, -0.05) is 0 Å². The van der Waals surface area contributed by atoms with Crippen molar-refractivity contribution in [3.8, 4) is 0 Å². The standard InChI is InChI=1S/C14H23N6O14P3S/c1-6-18-11-8(12(38)19-6)17-5-20(11)13-10(32-14(22)16-3-2-15)9(21)7(31-13)4-30-36(26,27)34-37(28,29)33-35(23,24)25/h5,7,9-10,13,21H,2-4,15H2,1H3,(H,16,22)(H,26,27)(H,28,29)(H,18,19,38)(H2,23,24,25)/t7-,9?,10+,13-/m1/s1. The van der Waals surface area contributed by atoms with Gasteiger partial charge in [0.25, 0.3) is 0 Å². The van der Waals surface area contributed by atoms with Gasteiger partial charge in [-0.3, -0.25) is 9.09 Å². The molecule has 24 heteroatoms. The number of thiol groups is 1. The summed E-state index contributed by atoms with van der Waals surface area (Å²) in [5, 5.41) is 13.3. The summed E-state index contributed by atoms with van der Waals surface area (Å²) in [6.45, 7) is 0.675. The van der Waals surface area contributed by atoms with Gasteiger partial charge < -0.3 is 45.2 Å². The number of rotatable bonds is 11. The third-order valence-electron chi connectivity index (χ3n) is 4.58. The van der Waals surface area contributed by atoms with E-state index in [-0.39, 0.29) is 29.3 Å². The van der Waals surface area contributed by atoms with E-state index in [1.54, 1.807) is 6.92 Å². The van der Waals surface area contributed by atoms with Crippen LogP contribution in [0.15, 0.2) is 11.4 Å². The fraction of sp³-hybridized carbons (Fsp3) is 0.571. The van der Waals surface area contributed by atoms with Crippen molar-refractivity contribution < 1.29 is 65.8 Å². The molecule has 20 nitrogen and oxygen atoms in total. The van der Waals surface area contributed by atoms with Gasteiger partial charge in [0, 0.05) is 13.1 Å². The first-order valence-corrected chi connectivity index (χ1v) is 15.2. The highest BCUT2D eigenvalue weighted by Gasteiger charge is 2.49. The van der Waals surface area contributed by atoms with Gasteiger partial charge in [-0.25, -0.2) is 33.4 Å². The fourth-order valence-corrected chi connectivity index (χ4v) is 6.54. The van der Waals surface area contributed by atoms with Crippen LogP contribution in [0.1, 0.15) is 12.1 Å². The van der Waals surface area contributed by atoms with Crippen LogP contribution in [0.4, 0.5) is 4.79 Å². The van der Waals surface area contributed by atoms with Crippen LogP contribution in [0.25, 0.3) is 11.2 Å². The molecule has 0 aliphatic carbocycles. The van der Waals surface area contributed by atoms with Crippen molar-refractivity contribution in [1.82, 2.24) is 24.8 Å². The molecule has 3 rings (SSSR count). The number of fused-ring (bicyclic) bond motifs is 1. The Morgan fingerprint density at radius 1 is 1.21 bits per heavy atom. The highest BCUT2D eigenvalue weighted by atomic mass is 32.1. The second kappa shape index (κ2) is 11.9. The molecule has 38 heavy (non-hydrogen) atoms. The molecular weight excluding hydrogens is 601 g/mol. The second-order valence-corrected chi connectivity index (χ2v) is 12.3. The molecule has 1 fully saturated rings. The second-order valence-electron chi connectivity index (χ2n) is 7.45. The Hall–Kier alpha value is -1.54. The van der Waals surface area contributed by atoms with E-state index in [2.05, 4.69) is 46.0 Å². The SMILES string of the molecule is Cc1nc(S)c2ncn([C@@H]3O[C@H](COP(=O)(O)OP(=O)(O)OP(=O)(O)O)C(O)[C@@H]3OC(=O)NCCN)c2n1. The number of phosphoric acid groups is 3. The topological polar surface area (TPSA) is 297 Å². The number of nitrogens with one attached hydrogen (secondary N) is 1. The Bertz CT molecular complexity index is 1320. The zero-order valence-corrected chi connectivity index (χ0v) is 22.7. The van der Waals surface area contributed by atoms with Crippen molar-refractivity contribution in [3.63, 3.8) is 0 Å². The van der Waals surface area contributed by atoms with Crippen LogP contribution in [0.2, 0.25) is 0 Å². The predicted octanol–water partition coefficient (Wildman–Crippen LogP) is -0.921. The number of carbonyl (C=O) groups is 1.